The predicted octanol–water partition coefficient (Wildman–Crippen LogP) is 5.02. The fourth-order valence-electron chi connectivity index (χ4n) is 1.54. The molecule has 0 aliphatic rings. The zero-order chi connectivity index (χ0) is 14.0. The van der Waals surface area contributed by atoms with Gasteiger partial charge in [-0.1, -0.05) is 35.3 Å². The lowest BCUT2D eigenvalue weighted by molar-refractivity contribution is 0.447. The predicted molar refractivity (Wildman–Crippen MR) is 70.1 cm³/mol. The zero-order valence-electron chi connectivity index (χ0n) is 9.48. The van der Waals surface area contributed by atoms with Crippen LogP contribution in [0.3, 0.4) is 0 Å². The first-order chi connectivity index (χ1) is 8.99. The summed E-state index contributed by atoms with van der Waals surface area (Å²) in [5, 5.41) is 3.50. The van der Waals surface area contributed by atoms with Crippen LogP contribution in [0.1, 0.15) is 5.56 Å². The Kier molecular flexibility index (Phi) is 4.22. The molecule has 19 heavy (non-hydrogen) atoms. The maximum atomic E-state index is 13.0. The van der Waals surface area contributed by atoms with Crippen molar-refractivity contribution in [1.29, 1.82) is 0 Å². The number of anilines is 1. The van der Waals surface area contributed by atoms with Gasteiger partial charge in [0.15, 0.2) is 17.5 Å². The molecule has 1 nitrogen and oxygen atoms in total. The van der Waals surface area contributed by atoms with E-state index in [9.17, 15) is 13.2 Å². The van der Waals surface area contributed by atoms with Crippen LogP contribution in [0.4, 0.5) is 18.9 Å². The summed E-state index contributed by atoms with van der Waals surface area (Å²) in [5.74, 6) is -3.99. The molecule has 0 aliphatic carbocycles. The van der Waals surface area contributed by atoms with Gasteiger partial charge in [-0.05, 0) is 11.6 Å². The van der Waals surface area contributed by atoms with Crippen molar-refractivity contribution in [2.24, 2.45) is 0 Å². The lowest BCUT2D eigenvalue weighted by atomic mass is 10.2. The fraction of sp³-hybridized carbons (Fsp3) is 0.0769. The smallest absolute Gasteiger partial charge is 0.194 e. The number of hydrogen-bond acceptors (Lipinski definition) is 1. The Balaban J connectivity index is 2.17. The van der Waals surface area contributed by atoms with Crippen molar-refractivity contribution < 1.29 is 13.2 Å². The molecule has 0 bridgehead atoms. The monoisotopic (exact) mass is 305 g/mol. The Labute approximate surface area is 118 Å². The van der Waals surface area contributed by atoms with Crippen molar-refractivity contribution in [3.63, 3.8) is 0 Å². The van der Waals surface area contributed by atoms with Gasteiger partial charge in [-0.3, -0.25) is 0 Å². The van der Waals surface area contributed by atoms with Crippen LogP contribution in [-0.2, 0) is 6.54 Å². The molecular weight excluding hydrogens is 298 g/mol. The number of halogens is 5. The first kappa shape index (κ1) is 14.0. The van der Waals surface area contributed by atoms with E-state index in [1.165, 1.54) is 0 Å². The number of hydrogen-bond donors (Lipinski definition) is 1. The Bertz CT molecular complexity index is 594. The quantitative estimate of drug-likeness (QED) is 0.785. The summed E-state index contributed by atoms with van der Waals surface area (Å²) in [4.78, 5) is 0. The van der Waals surface area contributed by atoms with E-state index in [2.05, 4.69) is 5.32 Å². The van der Waals surface area contributed by atoms with E-state index in [1.807, 2.05) is 0 Å². The van der Waals surface area contributed by atoms with Gasteiger partial charge in [-0.15, -0.1) is 0 Å². The second kappa shape index (κ2) is 5.72. The Hall–Kier alpha value is -1.39. The zero-order valence-corrected chi connectivity index (χ0v) is 11.0. The molecular formula is C13H8Cl2F3N. The van der Waals surface area contributed by atoms with E-state index < -0.39 is 17.5 Å². The molecule has 0 spiro atoms. The highest BCUT2D eigenvalue weighted by atomic mass is 35.5. The molecule has 0 aliphatic heterocycles. The van der Waals surface area contributed by atoms with Gasteiger partial charge in [-0.25, -0.2) is 13.2 Å². The van der Waals surface area contributed by atoms with Crippen molar-refractivity contribution in [2.75, 3.05) is 5.32 Å². The molecule has 0 heterocycles. The molecule has 2 aromatic carbocycles. The van der Waals surface area contributed by atoms with Crippen LogP contribution >= 0.6 is 23.2 Å². The van der Waals surface area contributed by atoms with E-state index >= 15 is 0 Å². The first-order valence-corrected chi connectivity index (χ1v) is 6.06. The molecule has 6 heteroatoms. The molecule has 0 atom stereocenters. The molecule has 0 radical (unpaired) electrons. The topological polar surface area (TPSA) is 12.0 Å². The third-order valence-corrected chi connectivity index (χ3v) is 3.36. The Morgan fingerprint density at radius 2 is 1.63 bits per heavy atom. The summed E-state index contributed by atoms with van der Waals surface area (Å²) < 4.78 is 38.8. The van der Waals surface area contributed by atoms with Gasteiger partial charge in [0, 0.05) is 24.4 Å². The summed E-state index contributed by atoms with van der Waals surface area (Å²) in [6, 6.07) is 6.80. The molecule has 0 saturated carbocycles. The van der Waals surface area contributed by atoms with Crippen molar-refractivity contribution in [2.45, 2.75) is 6.54 Å². The van der Waals surface area contributed by atoms with E-state index in [0.29, 0.717) is 15.6 Å². The van der Waals surface area contributed by atoms with E-state index in [-0.39, 0.29) is 12.2 Å². The van der Waals surface area contributed by atoms with Crippen LogP contribution in [0.5, 0.6) is 0 Å². The van der Waals surface area contributed by atoms with Crippen LogP contribution in [0, 0.1) is 17.5 Å². The lowest BCUT2D eigenvalue weighted by Gasteiger charge is -2.09. The van der Waals surface area contributed by atoms with Gasteiger partial charge in [0.05, 0.1) is 10.0 Å². The second-order valence-electron chi connectivity index (χ2n) is 3.82. The normalized spacial score (nSPS) is 10.6. The van der Waals surface area contributed by atoms with Gasteiger partial charge >= 0.3 is 0 Å². The van der Waals surface area contributed by atoms with E-state index in [0.717, 1.165) is 12.1 Å². The standard InChI is InChI=1S/C13H8Cl2F3N/c14-9-3-1-2-7(12(9)15)6-19-8-4-10(16)13(18)11(17)5-8/h1-5,19H,6H2. The minimum atomic E-state index is -1.49. The number of benzene rings is 2. The van der Waals surface area contributed by atoms with Gasteiger partial charge in [0.1, 0.15) is 0 Å². The number of nitrogens with one attached hydrogen (secondary N) is 1. The van der Waals surface area contributed by atoms with Crippen LogP contribution in [0.2, 0.25) is 10.0 Å². The third kappa shape index (κ3) is 3.14. The maximum absolute atomic E-state index is 13.0. The molecule has 0 saturated heterocycles. The molecule has 1 N–H and O–H groups in total. The molecule has 0 fully saturated rings. The van der Waals surface area contributed by atoms with Crippen molar-refractivity contribution >= 4 is 28.9 Å². The summed E-state index contributed by atoms with van der Waals surface area (Å²) >= 11 is 11.8. The average Bonchev–Trinajstić information content (AvgIpc) is 2.37. The van der Waals surface area contributed by atoms with Gasteiger partial charge in [0.25, 0.3) is 0 Å². The first-order valence-electron chi connectivity index (χ1n) is 5.30. The van der Waals surface area contributed by atoms with Crippen LogP contribution in [0.15, 0.2) is 30.3 Å². The van der Waals surface area contributed by atoms with E-state index in [4.69, 9.17) is 23.2 Å². The van der Waals surface area contributed by atoms with Crippen LogP contribution in [-0.4, -0.2) is 0 Å². The summed E-state index contributed by atoms with van der Waals surface area (Å²) in [6.45, 7) is 0.212. The minimum Gasteiger partial charge on any atom is -0.381 e. The highest BCUT2D eigenvalue weighted by Gasteiger charge is 2.11. The minimum absolute atomic E-state index is 0.118. The molecule has 0 unspecified atom stereocenters. The van der Waals surface area contributed by atoms with Gasteiger partial charge < -0.3 is 5.32 Å². The SMILES string of the molecule is Fc1cc(NCc2cccc(Cl)c2Cl)cc(F)c1F. The average molecular weight is 306 g/mol. The molecule has 2 rings (SSSR count). The molecule has 100 valence electrons. The van der Waals surface area contributed by atoms with Crippen LogP contribution in [0.25, 0.3) is 0 Å². The Morgan fingerprint density at radius 1 is 1.00 bits per heavy atom. The molecule has 0 amide bonds. The summed E-state index contributed by atoms with van der Waals surface area (Å²) in [7, 11) is 0. The lowest BCUT2D eigenvalue weighted by Crippen LogP contribution is -2.02. The summed E-state index contributed by atoms with van der Waals surface area (Å²) in [6.07, 6.45) is 0. The fourth-order valence-corrected chi connectivity index (χ4v) is 1.93. The highest BCUT2D eigenvalue weighted by molar-refractivity contribution is 6.42. The second-order valence-corrected chi connectivity index (χ2v) is 4.61. The highest BCUT2D eigenvalue weighted by Crippen LogP contribution is 2.26. The van der Waals surface area contributed by atoms with Gasteiger partial charge in [0.2, 0.25) is 0 Å². The van der Waals surface area contributed by atoms with Gasteiger partial charge in [-0.2, -0.15) is 0 Å². The number of rotatable bonds is 3. The Morgan fingerprint density at radius 3 is 2.26 bits per heavy atom. The van der Waals surface area contributed by atoms with Crippen LogP contribution < -0.4 is 5.32 Å². The maximum Gasteiger partial charge on any atom is 0.194 e. The third-order valence-electron chi connectivity index (χ3n) is 2.50. The molecule has 0 aromatic heterocycles. The summed E-state index contributed by atoms with van der Waals surface area (Å²) in [5.41, 5.74) is 0.784. The largest absolute Gasteiger partial charge is 0.381 e. The van der Waals surface area contributed by atoms with Crippen molar-refractivity contribution in [3.8, 4) is 0 Å². The van der Waals surface area contributed by atoms with Crippen molar-refractivity contribution in [1.82, 2.24) is 0 Å². The van der Waals surface area contributed by atoms with Crippen molar-refractivity contribution in [3.05, 3.63) is 63.4 Å². The van der Waals surface area contributed by atoms with E-state index in [1.54, 1.807) is 18.2 Å². The molecule has 2 aromatic rings.